The van der Waals surface area contributed by atoms with Crippen LogP contribution in [0.3, 0.4) is 0 Å². The van der Waals surface area contributed by atoms with E-state index in [9.17, 15) is 0 Å². The normalized spacial score (nSPS) is 12.5. The maximum atomic E-state index is 6.47. The fraction of sp³-hybridized carbons (Fsp3) is 0.467. The highest BCUT2D eigenvalue weighted by atomic mass is 35.5. The summed E-state index contributed by atoms with van der Waals surface area (Å²) in [5, 5.41) is 2.06. The van der Waals surface area contributed by atoms with Crippen molar-refractivity contribution in [2.45, 2.75) is 20.4 Å². The molecule has 1 heterocycles. The van der Waals surface area contributed by atoms with Crippen LogP contribution in [0.2, 0.25) is 5.02 Å². The monoisotopic (exact) mass is 296 g/mol. The summed E-state index contributed by atoms with van der Waals surface area (Å²) in [6, 6.07) is 8.30. The molecule has 0 bridgehead atoms. The molecule has 2 rings (SSSR count). The van der Waals surface area contributed by atoms with E-state index in [1.807, 2.05) is 6.07 Å². The lowest BCUT2D eigenvalue weighted by Crippen LogP contribution is -2.36. The Bertz CT molecular complexity index is 562. The maximum Gasteiger partial charge on any atom is 0.0637 e. The Labute approximate surface area is 124 Å². The number of halogens is 1. The summed E-state index contributed by atoms with van der Waals surface area (Å²) in [6.07, 6.45) is 0. The van der Waals surface area contributed by atoms with Crippen LogP contribution in [0.25, 0.3) is 10.1 Å². The Kier molecular flexibility index (Phi) is 4.51. The predicted octanol–water partition coefficient (Wildman–Crippen LogP) is 3.97. The predicted molar refractivity (Wildman–Crippen MR) is 86.0 cm³/mol. The van der Waals surface area contributed by atoms with Crippen molar-refractivity contribution in [3.8, 4) is 0 Å². The van der Waals surface area contributed by atoms with Crippen molar-refractivity contribution in [3.05, 3.63) is 34.2 Å². The van der Waals surface area contributed by atoms with Gasteiger partial charge in [-0.05, 0) is 25.1 Å². The topological polar surface area (TPSA) is 29.3 Å². The SMILES string of the molecule is CN(Cc1sc2ccccc2c1Cl)CC(C)(C)CN. The van der Waals surface area contributed by atoms with Gasteiger partial charge in [0.15, 0.2) is 0 Å². The molecule has 1 aromatic carbocycles. The zero-order valence-electron chi connectivity index (χ0n) is 11.7. The van der Waals surface area contributed by atoms with Crippen molar-refractivity contribution in [2.75, 3.05) is 20.1 Å². The van der Waals surface area contributed by atoms with Crippen molar-refractivity contribution < 1.29 is 0 Å². The van der Waals surface area contributed by atoms with E-state index < -0.39 is 0 Å². The van der Waals surface area contributed by atoms with Gasteiger partial charge >= 0.3 is 0 Å². The van der Waals surface area contributed by atoms with Crippen LogP contribution in [-0.2, 0) is 6.54 Å². The smallest absolute Gasteiger partial charge is 0.0637 e. The minimum Gasteiger partial charge on any atom is -0.330 e. The number of hydrogen-bond donors (Lipinski definition) is 1. The Hall–Kier alpha value is -0.610. The Balaban J connectivity index is 2.15. The van der Waals surface area contributed by atoms with E-state index in [2.05, 4.69) is 44.0 Å². The highest BCUT2D eigenvalue weighted by molar-refractivity contribution is 7.19. The number of rotatable bonds is 5. The van der Waals surface area contributed by atoms with Gasteiger partial charge in [-0.2, -0.15) is 0 Å². The molecular weight excluding hydrogens is 276 g/mol. The van der Waals surface area contributed by atoms with Crippen LogP contribution in [-0.4, -0.2) is 25.0 Å². The number of benzene rings is 1. The second-order valence-corrected chi connectivity index (χ2v) is 7.39. The number of nitrogens with zero attached hydrogens (tertiary/aromatic N) is 1. The van der Waals surface area contributed by atoms with E-state index in [4.69, 9.17) is 17.3 Å². The van der Waals surface area contributed by atoms with Crippen LogP contribution in [0.4, 0.5) is 0 Å². The highest BCUT2D eigenvalue weighted by Crippen LogP contribution is 2.35. The van der Waals surface area contributed by atoms with Crippen molar-refractivity contribution >= 4 is 33.0 Å². The molecular formula is C15H21ClN2S. The molecule has 19 heavy (non-hydrogen) atoms. The van der Waals surface area contributed by atoms with Crippen LogP contribution in [0.1, 0.15) is 18.7 Å². The van der Waals surface area contributed by atoms with E-state index in [0.717, 1.165) is 23.5 Å². The van der Waals surface area contributed by atoms with Crippen LogP contribution >= 0.6 is 22.9 Å². The number of hydrogen-bond acceptors (Lipinski definition) is 3. The summed E-state index contributed by atoms with van der Waals surface area (Å²) in [4.78, 5) is 3.53. The van der Waals surface area contributed by atoms with Crippen LogP contribution in [0.15, 0.2) is 24.3 Å². The largest absolute Gasteiger partial charge is 0.330 e. The van der Waals surface area contributed by atoms with Crippen molar-refractivity contribution in [3.63, 3.8) is 0 Å². The molecule has 0 aliphatic carbocycles. The van der Waals surface area contributed by atoms with Gasteiger partial charge in [0, 0.05) is 28.1 Å². The minimum atomic E-state index is 0.137. The average Bonchev–Trinajstić information content (AvgIpc) is 2.66. The van der Waals surface area contributed by atoms with Gasteiger partial charge < -0.3 is 10.6 Å². The fourth-order valence-corrected chi connectivity index (χ4v) is 3.84. The summed E-state index contributed by atoms with van der Waals surface area (Å²) < 4.78 is 1.26. The summed E-state index contributed by atoms with van der Waals surface area (Å²) in [7, 11) is 2.12. The van der Waals surface area contributed by atoms with Gasteiger partial charge in [0.2, 0.25) is 0 Å². The first-order valence-electron chi connectivity index (χ1n) is 6.47. The van der Waals surface area contributed by atoms with Crippen LogP contribution < -0.4 is 5.73 Å². The maximum absolute atomic E-state index is 6.47. The van der Waals surface area contributed by atoms with Gasteiger partial charge in [0.1, 0.15) is 0 Å². The number of fused-ring (bicyclic) bond motifs is 1. The first-order valence-corrected chi connectivity index (χ1v) is 7.67. The first-order chi connectivity index (χ1) is 8.93. The number of thiophene rings is 1. The third-order valence-corrected chi connectivity index (χ3v) is 4.96. The van der Waals surface area contributed by atoms with Gasteiger partial charge in [-0.3, -0.25) is 0 Å². The second-order valence-electron chi connectivity index (χ2n) is 5.88. The van der Waals surface area contributed by atoms with E-state index in [0.29, 0.717) is 6.54 Å². The third kappa shape index (κ3) is 3.48. The van der Waals surface area contributed by atoms with E-state index in [1.54, 1.807) is 11.3 Å². The Morgan fingerprint density at radius 3 is 2.63 bits per heavy atom. The fourth-order valence-electron chi connectivity index (χ4n) is 2.26. The van der Waals surface area contributed by atoms with Gasteiger partial charge in [0.05, 0.1) is 5.02 Å². The first kappa shape index (κ1) is 14.8. The standard InChI is InChI=1S/C15H21ClN2S/c1-15(2,9-17)10-18(3)8-13-14(16)11-6-4-5-7-12(11)19-13/h4-7H,8-10,17H2,1-3H3. The molecule has 0 aliphatic rings. The van der Waals surface area contributed by atoms with Gasteiger partial charge in [-0.1, -0.05) is 43.6 Å². The Morgan fingerprint density at radius 2 is 2.00 bits per heavy atom. The number of nitrogens with two attached hydrogens (primary N) is 1. The lowest BCUT2D eigenvalue weighted by Gasteiger charge is -2.28. The molecule has 0 aliphatic heterocycles. The molecule has 0 unspecified atom stereocenters. The average molecular weight is 297 g/mol. The van der Waals surface area contributed by atoms with E-state index >= 15 is 0 Å². The summed E-state index contributed by atoms with van der Waals surface area (Å²) >= 11 is 8.25. The summed E-state index contributed by atoms with van der Waals surface area (Å²) in [6.45, 7) is 6.92. The van der Waals surface area contributed by atoms with Crippen LogP contribution in [0.5, 0.6) is 0 Å². The second kappa shape index (κ2) is 5.80. The quantitative estimate of drug-likeness (QED) is 0.904. The molecule has 2 nitrogen and oxygen atoms in total. The molecule has 4 heteroatoms. The molecule has 0 fully saturated rings. The molecule has 0 saturated carbocycles. The molecule has 0 radical (unpaired) electrons. The van der Waals surface area contributed by atoms with Crippen molar-refractivity contribution in [1.29, 1.82) is 0 Å². The lowest BCUT2D eigenvalue weighted by molar-refractivity contribution is 0.211. The lowest BCUT2D eigenvalue weighted by atomic mass is 9.93. The Morgan fingerprint density at radius 1 is 1.32 bits per heavy atom. The molecule has 1 aromatic heterocycles. The molecule has 0 saturated heterocycles. The summed E-state index contributed by atoms with van der Waals surface area (Å²) in [5.74, 6) is 0. The highest BCUT2D eigenvalue weighted by Gasteiger charge is 2.19. The van der Waals surface area contributed by atoms with E-state index in [-0.39, 0.29) is 5.41 Å². The van der Waals surface area contributed by atoms with Crippen molar-refractivity contribution in [2.24, 2.45) is 11.1 Å². The van der Waals surface area contributed by atoms with Gasteiger partial charge in [-0.15, -0.1) is 11.3 Å². The molecule has 2 aromatic rings. The third-order valence-electron chi connectivity index (χ3n) is 3.27. The molecule has 0 amide bonds. The zero-order chi connectivity index (χ0) is 14.0. The molecule has 0 atom stereocenters. The zero-order valence-corrected chi connectivity index (χ0v) is 13.3. The minimum absolute atomic E-state index is 0.137. The van der Waals surface area contributed by atoms with Crippen molar-refractivity contribution in [1.82, 2.24) is 4.90 Å². The van der Waals surface area contributed by atoms with Gasteiger partial charge in [0.25, 0.3) is 0 Å². The van der Waals surface area contributed by atoms with Crippen LogP contribution in [0, 0.1) is 5.41 Å². The van der Waals surface area contributed by atoms with E-state index in [1.165, 1.54) is 9.58 Å². The summed E-state index contributed by atoms with van der Waals surface area (Å²) in [5.41, 5.74) is 5.93. The molecule has 104 valence electrons. The van der Waals surface area contributed by atoms with Gasteiger partial charge in [-0.25, -0.2) is 0 Å². The molecule has 2 N–H and O–H groups in total. The molecule has 0 spiro atoms.